The van der Waals surface area contributed by atoms with Crippen LogP contribution in [0.15, 0.2) is 59.7 Å². The molecule has 0 aliphatic rings. The molecule has 0 N–H and O–H groups in total. The highest BCUT2D eigenvalue weighted by molar-refractivity contribution is 6.33. The van der Waals surface area contributed by atoms with Gasteiger partial charge in [0.05, 0.1) is 34.4 Å². The van der Waals surface area contributed by atoms with Crippen LogP contribution >= 0.6 is 11.6 Å². The van der Waals surface area contributed by atoms with Gasteiger partial charge >= 0.3 is 5.97 Å². The molecule has 0 aliphatic heterocycles. The minimum atomic E-state index is -0.516. The zero-order chi connectivity index (χ0) is 16.2. The van der Waals surface area contributed by atoms with Crippen LogP contribution in [0.1, 0.15) is 10.4 Å². The van der Waals surface area contributed by atoms with Crippen LogP contribution in [0.4, 0.5) is 0 Å². The van der Waals surface area contributed by atoms with Crippen molar-refractivity contribution in [2.45, 2.75) is 6.54 Å². The first kappa shape index (κ1) is 15.2. The van der Waals surface area contributed by atoms with Gasteiger partial charge in [0, 0.05) is 0 Å². The average molecular weight is 329 g/mol. The van der Waals surface area contributed by atoms with Crippen LogP contribution in [0, 0.1) is 0 Å². The molecule has 1 aromatic heterocycles. The topological polar surface area (TPSA) is 61.2 Å². The molecular formula is C17H13ClN2O3. The second kappa shape index (κ2) is 6.62. The number of ether oxygens (including phenoxy) is 1. The van der Waals surface area contributed by atoms with Gasteiger partial charge in [0.25, 0.3) is 5.56 Å². The molecular weight excluding hydrogens is 316 g/mol. The molecule has 0 amide bonds. The molecule has 0 unspecified atom stereocenters. The van der Waals surface area contributed by atoms with Crippen molar-refractivity contribution < 1.29 is 9.53 Å². The van der Waals surface area contributed by atoms with Gasteiger partial charge in [-0.25, -0.2) is 9.78 Å². The van der Waals surface area contributed by atoms with Crippen LogP contribution in [0.2, 0.25) is 5.02 Å². The molecule has 0 radical (unpaired) electrons. The summed E-state index contributed by atoms with van der Waals surface area (Å²) in [6.07, 6.45) is 1.45. The quantitative estimate of drug-likeness (QED) is 0.691. The molecule has 116 valence electrons. The number of benzene rings is 2. The molecule has 2 aromatic carbocycles. The number of aromatic nitrogens is 2. The van der Waals surface area contributed by atoms with E-state index in [0.29, 0.717) is 21.5 Å². The minimum absolute atomic E-state index is 0.0595. The molecule has 3 aromatic rings. The molecule has 0 spiro atoms. The normalized spacial score (nSPS) is 10.7. The molecule has 23 heavy (non-hydrogen) atoms. The molecule has 0 aliphatic carbocycles. The van der Waals surface area contributed by atoms with E-state index in [9.17, 15) is 9.59 Å². The van der Waals surface area contributed by atoms with E-state index >= 15 is 0 Å². The van der Waals surface area contributed by atoms with Gasteiger partial charge in [-0.05, 0) is 24.3 Å². The molecule has 0 fully saturated rings. The summed E-state index contributed by atoms with van der Waals surface area (Å²) in [5.74, 6) is -0.516. The van der Waals surface area contributed by atoms with Crippen LogP contribution in [-0.2, 0) is 11.3 Å². The third-order valence-electron chi connectivity index (χ3n) is 3.39. The SMILES string of the molecule is O=C(OCCn1cnc2ccccc2c1=O)c1ccccc1Cl. The standard InChI is InChI=1S/C17H13ClN2O3/c18-14-7-3-1-5-12(14)17(22)23-10-9-20-11-19-15-8-4-2-6-13(15)16(20)21/h1-8,11H,9-10H2. The number of rotatable bonds is 4. The second-order valence-electron chi connectivity index (χ2n) is 4.88. The van der Waals surface area contributed by atoms with E-state index in [-0.39, 0.29) is 18.7 Å². The monoisotopic (exact) mass is 328 g/mol. The fourth-order valence-electron chi connectivity index (χ4n) is 2.21. The van der Waals surface area contributed by atoms with Crippen LogP contribution in [0.3, 0.4) is 0 Å². The fourth-order valence-corrected chi connectivity index (χ4v) is 2.42. The molecule has 3 rings (SSSR count). The van der Waals surface area contributed by atoms with Crippen molar-refractivity contribution in [2.24, 2.45) is 0 Å². The lowest BCUT2D eigenvalue weighted by atomic mass is 10.2. The van der Waals surface area contributed by atoms with E-state index in [4.69, 9.17) is 16.3 Å². The number of carbonyl (C=O) groups is 1. The summed E-state index contributed by atoms with van der Waals surface area (Å²) in [6.45, 7) is 0.289. The largest absolute Gasteiger partial charge is 0.460 e. The van der Waals surface area contributed by atoms with Gasteiger partial charge in [0.2, 0.25) is 0 Å². The van der Waals surface area contributed by atoms with E-state index in [1.165, 1.54) is 10.9 Å². The molecule has 1 heterocycles. The van der Waals surface area contributed by atoms with E-state index in [2.05, 4.69) is 4.98 Å². The molecule has 0 atom stereocenters. The molecule has 6 heteroatoms. The summed E-state index contributed by atoms with van der Waals surface area (Å²) in [7, 11) is 0. The predicted molar refractivity (Wildman–Crippen MR) is 87.7 cm³/mol. The van der Waals surface area contributed by atoms with Crippen LogP contribution in [0.5, 0.6) is 0 Å². The first-order valence-electron chi connectivity index (χ1n) is 7.02. The van der Waals surface area contributed by atoms with E-state index < -0.39 is 5.97 Å². The number of hydrogen-bond donors (Lipinski definition) is 0. The van der Waals surface area contributed by atoms with Crippen molar-refractivity contribution >= 4 is 28.5 Å². The summed E-state index contributed by atoms with van der Waals surface area (Å²) in [4.78, 5) is 28.4. The lowest BCUT2D eigenvalue weighted by Crippen LogP contribution is -2.23. The Morgan fingerprint density at radius 2 is 1.87 bits per heavy atom. The van der Waals surface area contributed by atoms with Crippen molar-refractivity contribution in [1.29, 1.82) is 0 Å². The first-order valence-corrected chi connectivity index (χ1v) is 7.40. The van der Waals surface area contributed by atoms with Gasteiger partial charge in [-0.2, -0.15) is 0 Å². The lowest BCUT2D eigenvalue weighted by Gasteiger charge is -2.08. The van der Waals surface area contributed by atoms with Gasteiger partial charge in [-0.15, -0.1) is 0 Å². The van der Waals surface area contributed by atoms with Crippen LogP contribution in [0.25, 0.3) is 10.9 Å². The Bertz CT molecular complexity index is 921. The Labute approximate surface area is 137 Å². The Morgan fingerprint density at radius 3 is 2.70 bits per heavy atom. The van der Waals surface area contributed by atoms with Gasteiger partial charge in [-0.3, -0.25) is 9.36 Å². The summed E-state index contributed by atoms with van der Waals surface area (Å²) in [5.41, 5.74) is 0.782. The van der Waals surface area contributed by atoms with Crippen molar-refractivity contribution in [1.82, 2.24) is 9.55 Å². The molecule has 0 bridgehead atoms. The maximum absolute atomic E-state index is 12.3. The Morgan fingerprint density at radius 1 is 1.13 bits per heavy atom. The zero-order valence-electron chi connectivity index (χ0n) is 12.1. The number of hydrogen-bond acceptors (Lipinski definition) is 4. The van der Waals surface area contributed by atoms with Crippen molar-refractivity contribution in [3.05, 3.63) is 75.8 Å². The van der Waals surface area contributed by atoms with Crippen molar-refractivity contribution in [3.63, 3.8) is 0 Å². The Hall–Kier alpha value is -2.66. The summed E-state index contributed by atoms with van der Waals surface area (Å²) < 4.78 is 6.59. The highest BCUT2D eigenvalue weighted by Crippen LogP contribution is 2.15. The summed E-state index contributed by atoms with van der Waals surface area (Å²) >= 11 is 5.94. The highest BCUT2D eigenvalue weighted by atomic mass is 35.5. The second-order valence-corrected chi connectivity index (χ2v) is 5.28. The number of nitrogens with zero attached hydrogens (tertiary/aromatic N) is 2. The number of carbonyl (C=O) groups excluding carboxylic acids is 1. The smallest absolute Gasteiger partial charge is 0.339 e. The van der Waals surface area contributed by atoms with Crippen molar-refractivity contribution in [2.75, 3.05) is 6.61 Å². The van der Waals surface area contributed by atoms with Gasteiger partial charge < -0.3 is 4.74 Å². The third-order valence-corrected chi connectivity index (χ3v) is 3.72. The number of esters is 1. The van der Waals surface area contributed by atoms with Crippen LogP contribution in [-0.4, -0.2) is 22.1 Å². The van der Waals surface area contributed by atoms with Crippen LogP contribution < -0.4 is 5.56 Å². The zero-order valence-corrected chi connectivity index (χ0v) is 12.9. The minimum Gasteiger partial charge on any atom is -0.460 e. The lowest BCUT2D eigenvalue weighted by molar-refractivity contribution is 0.0490. The molecule has 0 saturated carbocycles. The predicted octanol–water partition coefficient (Wildman–Crippen LogP) is 2.91. The van der Waals surface area contributed by atoms with Crippen molar-refractivity contribution in [3.8, 4) is 0 Å². The van der Waals surface area contributed by atoms with E-state index in [1.807, 2.05) is 6.07 Å². The Balaban J connectivity index is 1.70. The summed E-state index contributed by atoms with van der Waals surface area (Å²) in [5, 5.41) is 0.870. The van der Waals surface area contributed by atoms with Gasteiger partial charge in [0.1, 0.15) is 6.61 Å². The van der Waals surface area contributed by atoms with Gasteiger partial charge in [0.15, 0.2) is 0 Å². The fraction of sp³-hybridized carbons (Fsp3) is 0.118. The number of fused-ring (bicyclic) bond motifs is 1. The summed E-state index contributed by atoms with van der Waals surface area (Å²) in [6, 6.07) is 13.8. The maximum atomic E-state index is 12.3. The maximum Gasteiger partial charge on any atom is 0.339 e. The molecule has 5 nitrogen and oxygen atoms in total. The highest BCUT2D eigenvalue weighted by Gasteiger charge is 2.11. The van der Waals surface area contributed by atoms with E-state index in [0.717, 1.165) is 0 Å². The first-order chi connectivity index (χ1) is 11.2. The average Bonchev–Trinajstić information content (AvgIpc) is 2.57. The molecule has 0 saturated heterocycles. The van der Waals surface area contributed by atoms with E-state index in [1.54, 1.807) is 42.5 Å². The third kappa shape index (κ3) is 3.24. The number of halogens is 1. The number of para-hydroxylation sites is 1. The Kier molecular flexibility index (Phi) is 4.39. The van der Waals surface area contributed by atoms with Gasteiger partial charge in [-0.1, -0.05) is 35.9 Å².